The molecule has 3 rings (SSSR count). The Morgan fingerprint density at radius 3 is 2.53 bits per heavy atom. The summed E-state index contributed by atoms with van der Waals surface area (Å²) in [7, 11) is 6.22. The summed E-state index contributed by atoms with van der Waals surface area (Å²) >= 11 is 7.27. The van der Waals surface area contributed by atoms with E-state index in [0.717, 1.165) is 5.69 Å². The van der Waals surface area contributed by atoms with Gasteiger partial charge in [0, 0.05) is 25.2 Å². The van der Waals surface area contributed by atoms with Gasteiger partial charge in [-0.15, -0.1) is 10.2 Å². The molecule has 0 fully saturated rings. The highest BCUT2D eigenvalue weighted by molar-refractivity contribution is 7.99. The Balaban J connectivity index is 1.78. The van der Waals surface area contributed by atoms with Crippen LogP contribution < -0.4 is 14.8 Å². The third kappa shape index (κ3) is 5.32. The zero-order valence-electron chi connectivity index (χ0n) is 18.0. The van der Waals surface area contributed by atoms with Crippen molar-refractivity contribution in [3.05, 3.63) is 53.3 Å². The lowest BCUT2D eigenvalue weighted by atomic mass is 10.1. The molecular weight excluding hydrogens is 454 g/mol. The SMILES string of the molecule is COc1cc(NC(=O)CSc2nncn2-c2cccc(Cl)c2)c(C(=O)N(C)C)cc1OC. The summed E-state index contributed by atoms with van der Waals surface area (Å²) < 4.78 is 12.3. The van der Waals surface area contributed by atoms with Gasteiger partial charge < -0.3 is 19.7 Å². The first-order valence-corrected chi connectivity index (χ1v) is 10.8. The quantitative estimate of drug-likeness (QED) is 0.498. The molecule has 0 bridgehead atoms. The van der Waals surface area contributed by atoms with Crippen molar-refractivity contribution in [2.45, 2.75) is 5.16 Å². The first-order valence-electron chi connectivity index (χ1n) is 9.40. The lowest BCUT2D eigenvalue weighted by molar-refractivity contribution is -0.113. The largest absolute Gasteiger partial charge is 0.493 e. The fourth-order valence-corrected chi connectivity index (χ4v) is 3.76. The summed E-state index contributed by atoms with van der Waals surface area (Å²) in [5.41, 5.74) is 1.39. The second kappa shape index (κ2) is 10.4. The van der Waals surface area contributed by atoms with E-state index in [0.29, 0.717) is 27.4 Å². The van der Waals surface area contributed by atoms with Crippen molar-refractivity contribution in [2.24, 2.45) is 0 Å². The van der Waals surface area contributed by atoms with E-state index in [4.69, 9.17) is 21.1 Å². The molecule has 0 aliphatic heterocycles. The van der Waals surface area contributed by atoms with Gasteiger partial charge in [0.15, 0.2) is 16.7 Å². The minimum Gasteiger partial charge on any atom is -0.493 e. The molecule has 9 nitrogen and oxygen atoms in total. The number of carbonyl (C=O) groups excluding carboxylic acids is 2. The fourth-order valence-electron chi connectivity index (χ4n) is 2.84. The maximum absolute atomic E-state index is 12.7. The molecule has 0 unspecified atom stereocenters. The zero-order valence-corrected chi connectivity index (χ0v) is 19.5. The zero-order chi connectivity index (χ0) is 23.3. The van der Waals surface area contributed by atoms with Crippen LogP contribution in [0.15, 0.2) is 47.9 Å². The van der Waals surface area contributed by atoms with Gasteiger partial charge in [-0.05, 0) is 24.3 Å². The number of hydrogen-bond donors (Lipinski definition) is 1. The summed E-state index contributed by atoms with van der Waals surface area (Å²) in [4.78, 5) is 26.7. The van der Waals surface area contributed by atoms with Crippen LogP contribution in [0.5, 0.6) is 11.5 Å². The fraction of sp³-hybridized carbons (Fsp3) is 0.238. The molecule has 3 aromatic rings. The number of ether oxygens (including phenoxy) is 2. The second-order valence-electron chi connectivity index (χ2n) is 6.75. The van der Waals surface area contributed by atoms with E-state index >= 15 is 0 Å². The highest BCUT2D eigenvalue weighted by atomic mass is 35.5. The number of nitrogens with one attached hydrogen (secondary N) is 1. The predicted molar refractivity (Wildman–Crippen MR) is 123 cm³/mol. The Morgan fingerprint density at radius 2 is 1.88 bits per heavy atom. The van der Waals surface area contributed by atoms with E-state index in [-0.39, 0.29) is 23.1 Å². The standard InChI is InChI=1S/C21H22ClN5O4S/c1-26(2)20(29)15-9-17(30-3)18(31-4)10-16(15)24-19(28)11-32-21-25-23-12-27(21)14-7-5-6-13(22)8-14/h5-10,12H,11H2,1-4H3,(H,24,28). The van der Waals surface area contributed by atoms with Crippen molar-refractivity contribution >= 4 is 40.9 Å². The Morgan fingerprint density at radius 1 is 1.16 bits per heavy atom. The van der Waals surface area contributed by atoms with Gasteiger partial charge >= 0.3 is 0 Å². The van der Waals surface area contributed by atoms with E-state index in [1.165, 1.54) is 30.9 Å². The molecule has 1 aromatic heterocycles. The van der Waals surface area contributed by atoms with Crippen LogP contribution in [-0.4, -0.2) is 65.5 Å². The minimum absolute atomic E-state index is 0.0448. The number of rotatable bonds is 8. The number of aromatic nitrogens is 3. The van der Waals surface area contributed by atoms with Gasteiger partial charge in [0.25, 0.3) is 5.91 Å². The highest BCUT2D eigenvalue weighted by Gasteiger charge is 2.20. The van der Waals surface area contributed by atoms with E-state index < -0.39 is 0 Å². The van der Waals surface area contributed by atoms with Gasteiger partial charge in [-0.2, -0.15) is 0 Å². The topological polar surface area (TPSA) is 98.6 Å². The van der Waals surface area contributed by atoms with Crippen LogP contribution in [0.2, 0.25) is 5.02 Å². The molecule has 0 saturated heterocycles. The molecule has 168 valence electrons. The van der Waals surface area contributed by atoms with Gasteiger partial charge in [-0.3, -0.25) is 14.2 Å². The number of benzene rings is 2. The normalized spacial score (nSPS) is 10.5. The molecule has 0 aliphatic carbocycles. The molecule has 0 saturated carbocycles. The van der Waals surface area contributed by atoms with Crippen molar-refractivity contribution in [1.82, 2.24) is 19.7 Å². The number of amides is 2. The number of carbonyl (C=O) groups is 2. The number of hydrogen-bond acceptors (Lipinski definition) is 7. The second-order valence-corrected chi connectivity index (χ2v) is 8.13. The smallest absolute Gasteiger partial charge is 0.255 e. The number of methoxy groups -OCH3 is 2. The van der Waals surface area contributed by atoms with Crippen LogP contribution >= 0.6 is 23.4 Å². The third-order valence-electron chi connectivity index (χ3n) is 4.37. The number of thioether (sulfide) groups is 1. The lowest BCUT2D eigenvalue weighted by Gasteiger charge is -2.18. The average molecular weight is 476 g/mol. The Bertz CT molecular complexity index is 1140. The number of halogens is 1. The van der Waals surface area contributed by atoms with Crippen molar-refractivity contribution in [1.29, 1.82) is 0 Å². The first kappa shape index (κ1) is 23.4. The van der Waals surface area contributed by atoms with Gasteiger partial charge in [-0.1, -0.05) is 29.4 Å². The summed E-state index contributed by atoms with van der Waals surface area (Å²) in [6.45, 7) is 0. The van der Waals surface area contributed by atoms with E-state index in [1.54, 1.807) is 49.3 Å². The minimum atomic E-state index is -0.323. The van der Waals surface area contributed by atoms with Crippen LogP contribution in [0.4, 0.5) is 5.69 Å². The number of anilines is 1. The molecular formula is C21H22ClN5O4S. The van der Waals surface area contributed by atoms with Crippen LogP contribution in [0.25, 0.3) is 5.69 Å². The number of nitrogens with zero attached hydrogens (tertiary/aromatic N) is 4. The van der Waals surface area contributed by atoms with Gasteiger partial charge in [-0.25, -0.2) is 0 Å². The van der Waals surface area contributed by atoms with Crippen LogP contribution in [0.1, 0.15) is 10.4 Å². The van der Waals surface area contributed by atoms with E-state index in [1.807, 2.05) is 12.1 Å². The molecule has 0 atom stereocenters. The Hall–Kier alpha value is -3.24. The van der Waals surface area contributed by atoms with Gasteiger partial charge in [0.1, 0.15) is 6.33 Å². The summed E-state index contributed by atoms with van der Waals surface area (Å²) in [5.74, 6) is 0.222. The summed E-state index contributed by atoms with van der Waals surface area (Å²) in [5, 5.41) is 11.9. The van der Waals surface area contributed by atoms with Crippen molar-refractivity contribution in [2.75, 3.05) is 39.4 Å². The van der Waals surface area contributed by atoms with Crippen LogP contribution in [0, 0.1) is 0 Å². The molecule has 0 spiro atoms. The highest BCUT2D eigenvalue weighted by Crippen LogP contribution is 2.34. The molecule has 1 N–H and O–H groups in total. The van der Waals surface area contributed by atoms with Crippen LogP contribution in [0.3, 0.4) is 0 Å². The van der Waals surface area contributed by atoms with Gasteiger partial charge in [0.2, 0.25) is 5.91 Å². The maximum Gasteiger partial charge on any atom is 0.255 e. The summed E-state index contributed by atoms with van der Waals surface area (Å²) in [6.07, 6.45) is 1.55. The molecule has 2 amide bonds. The van der Waals surface area contributed by atoms with Crippen molar-refractivity contribution in [3.8, 4) is 17.2 Å². The van der Waals surface area contributed by atoms with Crippen molar-refractivity contribution < 1.29 is 19.1 Å². The summed E-state index contributed by atoms with van der Waals surface area (Å²) in [6, 6.07) is 10.3. The first-order chi connectivity index (χ1) is 15.3. The molecule has 2 aromatic carbocycles. The Labute approximate surface area is 194 Å². The average Bonchev–Trinajstić information content (AvgIpc) is 3.25. The molecule has 1 heterocycles. The monoisotopic (exact) mass is 475 g/mol. The molecule has 32 heavy (non-hydrogen) atoms. The third-order valence-corrected chi connectivity index (χ3v) is 5.55. The maximum atomic E-state index is 12.7. The molecule has 0 aliphatic rings. The molecule has 11 heteroatoms. The van der Waals surface area contributed by atoms with Crippen LogP contribution in [-0.2, 0) is 4.79 Å². The van der Waals surface area contributed by atoms with E-state index in [2.05, 4.69) is 15.5 Å². The lowest BCUT2D eigenvalue weighted by Crippen LogP contribution is -2.24. The Kier molecular flexibility index (Phi) is 7.60. The molecule has 0 radical (unpaired) electrons. The van der Waals surface area contributed by atoms with Gasteiger partial charge in [0.05, 0.1) is 36.9 Å². The van der Waals surface area contributed by atoms with E-state index in [9.17, 15) is 9.59 Å². The predicted octanol–water partition coefficient (Wildman–Crippen LogP) is 3.37. The van der Waals surface area contributed by atoms with Crippen molar-refractivity contribution in [3.63, 3.8) is 0 Å².